The third-order valence-corrected chi connectivity index (χ3v) is 7.60. The summed E-state index contributed by atoms with van der Waals surface area (Å²) >= 11 is 0. The number of benzene rings is 1. The summed E-state index contributed by atoms with van der Waals surface area (Å²) in [6.07, 6.45) is 3.62. The van der Waals surface area contributed by atoms with Crippen LogP contribution in [0.5, 0.6) is 0 Å². The van der Waals surface area contributed by atoms with Crippen LogP contribution in [-0.4, -0.2) is 38.5 Å². The van der Waals surface area contributed by atoms with Gasteiger partial charge in [0.15, 0.2) is 11.8 Å². The summed E-state index contributed by atoms with van der Waals surface area (Å²) in [6, 6.07) is 1.52. The van der Waals surface area contributed by atoms with Crippen LogP contribution < -0.4 is 0 Å². The van der Waals surface area contributed by atoms with Gasteiger partial charge in [0.1, 0.15) is 18.2 Å². The molecule has 1 aromatic heterocycles. The number of hydrogen-bond donors (Lipinski definition) is 2. The van der Waals surface area contributed by atoms with E-state index < -0.39 is 11.8 Å². The number of aliphatic hydroxyl groups is 2. The highest BCUT2D eigenvalue weighted by molar-refractivity contribution is 5.92. The highest BCUT2D eigenvalue weighted by Crippen LogP contribution is 2.49. The van der Waals surface area contributed by atoms with Crippen molar-refractivity contribution in [3.05, 3.63) is 81.5 Å². The molecule has 164 valence electrons. The van der Waals surface area contributed by atoms with Crippen LogP contribution in [0.2, 0.25) is 0 Å². The van der Waals surface area contributed by atoms with E-state index in [2.05, 4.69) is 13.2 Å². The topological polar surface area (TPSA) is 65.8 Å². The van der Waals surface area contributed by atoms with Crippen LogP contribution in [0.3, 0.4) is 0 Å². The lowest BCUT2D eigenvalue weighted by Gasteiger charge is -2.43. The van der Waals surface area contributed by atoms with E-state index in [0.717, 1.165) is 47.2 Å². The van der Waals surface area contributed by atoms with E-state index in [1.54, 1.807) is 6.92 Å². The zero-order valence-corrected chi connectivity index (χ0v) is 18.3. The van der Waals surface area contributed by atoms with Gasteiger partial charge in [-0.25, -0.2) is 9.37 Å². The van der Waals surface area contributed by atoms with Crippen LogP contribution in [0.15, 0.2) is 47.8 Å². The van der Waals surface area contributed by atoms with Crippen molar-refractivity contribution >= 4 is 16.6 Å². The molecule has 0 saturated carbocycles. The highest BCUT2D eigenvalue weighted by Gasteiger charge is 2.48. The van der Waals surface area contributed by atoms with Crippen LogP contribution in [0.25, 0.3) is 16.6 Å². The lowest BCUT2D eigenvalue weighted by molar-refractivity contribution is 0.0177. The fourth-order valence-corrected chi connectivity index (χ4v) is 5.80. The minimum atomic E-state index is -1.59. The van der Waals surface area contributed by atoms with E-state index in [9.17, 15) is 14.6 Å². The smallest absolute Gasteiger partial charge is 0.167 e. The lowest BCUT2D eigenvalue weighted by atomic mass is 9.79. The van der Waals surface area contributed by atoms with Gasteiger partial charge in [0.2, 0.25) is 0 Å². The number of aliphatic hydroxyl groups excluding tert-OH is 1. The molecule has 4 heterocycles. The first-order chi connectivity index (χ1) is 15.2. The molecule has 5 nitrogen and oxygen atoms in total. The average molecular weight is 432 g/mol. The Kier molecular flexibility index (Phi) is 3.88. The molecule has 6 heteroatoms. The quantitative estimate of drug-likeness (QED) is 0.671. The molecule has 1 unspecified atom stereocenters. The Bertz CT molecular complexity index is 1340. The summed E-state index contributed by atoms with van der Waals surface area (Å²) in [5, 5.41) is 23.8. The molecule has 3 aliphatic heterocycles. The van der Waals surface area contributed by atoms with E-state index in [1.165, 1.54) is 11.6 Å². The van der Waals surface area contributed by atoms with Crippen molar-refractivity contribution in [3.63, 3.8) is 0 Å². The van der Waals surface area contributed by atoms with Crippen LogP contribution in [-0.2, 0) is 24.1 Å². The normalized spacial score (nSPS) is 25.9. The van der Waals surface area contributed by atoms with Crippen molar-refractivity contribution in [2.45, 2.75) is 51.5 Å². The largest absolute Gasteiger partial charge is 0.490 e. The highest BCUT2D eigenvalue weighted by atomic mass is 19.1. The maximum absolute atomic E-state index is 14.7. The van der Waals surface area contributed by atoms with Crippen molar-refractivity contribution in [3.8, 4) is 0 Å². The number of rotatable bonds is 1. The Morgan fingerprint density at radius 1 is 1.31 bits per heavy atom. The van der Waals surface area contributed by atoms with Gasteiger partial charge in [-0.1, -0.05) is 13.2 Å². The number of aromatic nitrogens is 1. The fraction of sp³-hybridized carbons (Fsp3) is 0.346. The zero-order chi connectivity index (χ0) is 22.5. The Labute approximate surface area is 185 Å². The van der Waals surface area contributed by atoms with Gasteiger partial charge in [-0.3, -0.25) is 0 Å². The van der Waals surface area contributed by atoms with Gasteiger partial charge >= 0.3 is 0 Å². The molecule has 0 amide bonds. The fourth-order valence-electron chi connectivity index (χ4n) is 5.80. The first-order valence-corrected chi connectivity index (χ1v) is 11.0. The molecule has 0 bridgehead atoms. The number of halogens is 1. The van der Waals surface area contributed by atoms with E-state index in [1.807, 2.05) is 17.9 Å². The third-order valence-electron chi connectivity index (χ3n) is 7.60. The number of fused-ring (bicyclic) bond motifs is 4. The van der Waals surface area contributed by atoms with E-state index in [4.69, 9.17) is 9.72 Å². The average Bonchev–Trinajstić information content (AvgIpc) is 3.14. The Balaban J connectivity index is 1.62. The summed E-state index contributed by atoms with van der Waals surface area (Å²) in [5.74, 6) is -0.0362. The van der Waals surface area contributed by atoms with Gasteiger partial charge < -0.3 is 19.8 Å². The van der Waals surface area contributed by atoms with Gasteiger partial charge in [-0.15, -0.1) is 0 Å². The molecule has 6 rings (SSSR count). The van der Waals surface area contributed by atoms with Gasteiger partial charge in [0.25, 0.3) is 0 Å². The monoisotopic (exact) mass is 432 g/mol. The predicted molar refractivity (Wildman–Crippen MR) is 120 cm³/mol. The molecule has 1 aliphatic carbocycles. The predicted octanol–water partition coefficient (Wildman–Crippen LogP) is 3.81. The number of hydrogen-bond acceptors (Lipinski definition) is 5. The first-order valence-electron chi connectivity index (χ1n) is 11.0. The number of aryl methyl sites for hydroxylation is 2. The molecular weight excluding hydrogens is 407 g/mol. The molecule has 0 radical (unpaired) electrons. The maximum atomic E-state index is 14.7. The van der Waals surface area contributed by atoms with Gasteiger partial charge in [0, 0.05) is 34.7 Å². The van der Waals surface area contributed by atoms with E-state index in [-0.39, 0.29) is 18.2 Å². The van der Waals surface area contributed by atoms with Crippen molar-refractivity contribution in [1.82, 2.24) is 9.88 Å². The Hall–Kier alpha value is -2.96. The van der Waals surface area contributed by atoms with Gasteiger partial charge in [-0.05, 0) is 61.4 Å². The first kappa shape index (κ1) is 19.7. The minimum absolute atomic E-state index is 0.151. The lowest BCUT2D eigenvalue weighted by Crippen LogP contribution is -2.46. The molecule has 2 aromatic rings. The second kappa shape index (κ2) is 6.30. The SMILES string of the molecule is C=C(C)[C@@]1(O)C(=C)OCC2=C1C=C1c3nc4cc(F)c(C)c5c4c(c3CN1C2O)CCC5. The molecule has 1 aromatic carbocycles. The summed E-state index contributed by atoms with van der Waals surface area (Å²) < 4.78 is 20.3. The molecule has 2 atom stereocenters. The number of nitrogens with zero attached hydrogens (tertiary/aromatic N) is 2. The second-order valence-electron chi connectivity index (χ2n) is 9.30. The number of ether oxygens (including phenoxy) is 1. The molecule has 0 spiro atoms. The van der Waals surface area contributed by atoms with Gasteiger partial charge in [-0.2, -0.15) is 0 Å². The van der Waals surface area contributed by atoms with Crippen molar-refractivity contribution < 1.29 is 19.3 Å². The van der Waals surface area contributed by atoms with Crippen molar-refractivity contribution in [2.75, 3.05) is 6.61 Å². The Morgan fingerprint density at radius 2 is 2.06 bits per heavy atom. The second-order valence-corrected chi connectivity index (χ2v) is 9.30. The van der Waals surface area contributed by atoms with Crippen LogP contribution in [0.4, 0.5) is 4.39 Å². The summed E-state index contributed by atoms with van der Waals surface area (Å²) in [4.78, 5) is 6.78. The van der Waals surface area contributed by atoms with E-state index >= 15 is 0 Å². The molecule has 2 N–H and O–H groups in total. The molecule has 32 heavy (non-hydrogen) atoms. The standard InChI is InChI=1S/C26H25FN2O3/c1-12(2)26(31)14(4)32-11-18-19(26)8-22-24-17(10-29(22)25(18)30)16-7-5-6-15-13(3)20(27)9-21(28-24)23(15)16/h8-9,25,30-31H,1,4-7,10-11H2,2-3H3/t25?,26-/m1/s1. The Morgan fingerprint density at radius 3 is 2.81 bits per heavy atom. The van der Waals surface area contributed by atoms with E-state index in [0.29, 0.717) is 34.3 Å². The van der Waals surface area contributed by atoms with Crippen molar-refractivity contribution in [2.24, 2.45) is 0 Å². The van der Waals surface area contributed by atoms with Crippen LogP contribution in [0, 0.1) is 12.7 Å². The molecule has 0 saturated heterocycles. The molecule has 0 fully saturated rings. The maximum Gasteiger partial charge on any atom is 0.167 e. The summed E-state index contributed by atoms with van der Waals surface area (Å²) in [7, 11) is 0. The van der Waals surface area contributed by atoms with Gasteiger partial charge in [0.05, 0.1) is 16.9 Å². The van der Waals surface area contributed by atoms with Crippen LogP contribution >= 0.6 is 0 Å². The van der Waals surface area contributed by atoms with Crippen LogP contribution in [0.1, 0.15) is 41.3 Å². The zero-order valence-electron chi connectivity index (χ0n) is 18.3. The summed E-state index contributed by atoms with van der Waals surface area (Å²) in [6.45, 7) is 12.1. The molecule has 4 aliphatic rings. The minimum Gasteiger partial charge on any atom is -0.490 e. The summed E-state index contributed by atoms with van der Waals surface area (Å²) in [5.41, 5.74) is 6.18. The third kappa shape index (κ3) is 2.26. The van der Waals surface area contributed by atoms with Crippen molar-refractivity contribution in [1.29, 1.82) is 0 Å². The number of pyridine rings is 1. The molecular formula is C26H25FN2O3.